The lowest BCUT2D eigenvalue weighted by Crippen LogP contribution is -2.32. The van der Waals surface area contributed by atoms with E-state index in [1.165, 1.54) is 0 Å². The molecule has 13 heavy (non-hydrogen) atoms. The molecule has 2 atom stereocenters. The van der Waals surface area contributed by atoms with Crippen LogP contribution in [0.15, 0.2) is 35.4 Å². The van der Waals surface area contributed by atoms with Crippen molar-refractivity contribution in [1.29, 1.82) is 0 Å². The van der Waals surface area contributed by atoms with Crippen molar-refractivity contribution in [2.75, 3.05) is 5.01 Å². The molecule has 0 saturated heterocycles. The van der Waals surface area contributed by atoms with E-state index in [0.717, 1.165) is 5.69 Å². The third kappa shape index (κ3) is 1.42. The van der Waals surface area contributed by atoms with E-state index in [-0.39, 0.29) is 6.04 Å². The maximum atomic E-state index is 9.44. The molecule has 0 aliphatic carbocycles. The standard InChI is InChI=1S/C10H12N2O/c1-8-10(13)7-11-12(8)9-5-3-2-4-6-9/h2-8,10,13H,1H3. The second kappa shape index (κ2) is 3.18. The third-order valence-electron chi connectivity index (χ3n) is 2.24. The molecule has 0 saturated carbocycles. The van der Waals surface area contributed by atoms with Gasteiger partial charge < -0.3 is 5.11 Å². The van der Waals surface area contributed by atoms with Gasteiger partial charge in [0, 0.05) is 0 Å². The summed E-state index contributed by atoms with van der Waals surface area (Å²) in [6, 6.07) is 9.87. The molecular formula is C10H12N2O. The molecule has 0 radical (unpaired) electrons. The van der Waals surface area contributed by atoms with Crippen molar-refractivity contribution in [3.8, 4) is 0 Å². The van der Waals surface area contributed by atoms with Crippen LogP contribution in [0.5, 0.6) is 0 Å². The van der Waals surface area contributed by atoms with Crippen LogP contribution in [0.1, 0.15) is 6.92 Å². The molecule has 1 N–H and O–H groups in total. The SMILES string of the molecule is CC1C(O)C=NN1c1ccccc1. The smallest absolute Gasteiger partial charge is 0.113 e. The largest absolute Gasteiger partial charge is 0.385 e. The number of para-hydroxylation sites is 1. The molecule has 1 aromatic rings. The zero-order valence-electron chi connectivity index (χ0n) is 7.46. The first-order valence-corrected chi connectivity index (χ1v) is 4.35. The molecule has 0 spiro atoms. The van der Waals surface area contributed by atoms with Gasteiger partial charge in [-0.15, -0.1) is 0 Å². The monoisotopic (exact) mass is 176 g/mol. The first-order valence-electron chi connectivity index (χ1n) is 4.35. The number of rotatable bonds is 1. The van der Waals surface area contributed by atoms with Gasteiger partial charge in [-0.2, -0.15) is 5.10 Å². The number of hydrazone groups is 1. The number of anilines is 1. The topological polar surface area (TPSA) is 35.8 Å². The fourth-order valence-corrected chi connectivity index (χ4v) is 1.40. The average Bonchev–Trinajstić information content (AvgIpc) is 2.49. The van der Waals surface area contributed by atoms with E-state index in [4.69, 9.17) is 0 Å². The Morgan fingerprint density at radius 3 is 2.54 bits per heavy atom. The lowest BCUT2D eigenvalue weighted by molar-refractivity contribution is 0.227. The summed E-state index contributed by atoms with van der Waals surface area (Å²) >= 11 is 0. The Labute approximate surface area is 77.3 Å². The molecule has 3 heteroatoms. The van der Waals surface area contributed by atoms with Crippen LogP contribution in [-0.4, -0.2) is 23.5 Å². The van der Waals surface area contributed by atoms with Gasteiger partial charge in [-0.1, -0.05) is 18.2 Å². The van der Waals surface area contributed by atoms with Gasteiger partial charge in [-0.3, -0.25) is 5.01 Å². The fourth-order valence-electron chi connectivity index (χ4n) is 1.40. The van der Waals surface area contributed by atoms with E-state index < -0.39 is 6.10 Å². The van der Waals surface area contributed by atoms with Gasteiger partial charge in [-0.25, -0.2) is 0 Å². The van der Waals surface area contributed by atoms with Crippen LogP contribution in [-0.2, 0) is 0 Å². The van der Waals surface area contributed by atoms with Crippen molar-refractivity contribution in [3.05, 3.63) is 30.3 Å². The van der Waals surface area contributed by atoms with Gasteiger partial charge in [0.25, 0.3) is 0 Å². The Morgan fingerprint density at radius 2 is 2.00 bits per heavy atom. The average molecular weight is 176 g/mol. The van der Waals surface area contributed by atoms with Crippen LogP contribution >= 0.6 is 0 Å². The summed E-state index contributed by atoms with van der Waals surface area (Å²) in [4.78, 5) is 0. The minimum Gasteiger partial charge on any atom is -0.385 e. The minimum absolute atomic E-state index is 0.0300. The predicted molar refractivity (Wildman–Crippen MR) is 52.9 cm³/mol. The van der Waals surface area contributed by atoms with Crippen LogP contribution in [0, 0.1) is 0 Å². The highest BCUT2D eigenvalue weighted by molar-refractivity contribution is 5.71. The maximum absolute atomic E-state index is 9.44. The van der Waals surface area contributed by atoms with Gasteiger partial charge in [0.05, 0.1) is 17.9 Å². The summed E-state index contributed by atoms with van der Waals surface area (Å²) in [5.41, 5.74) is 1.02. The predicted octanol–water partition coefficient (Wildman–Crippen LogP) is 1.24. The number of hydrogen-bond acceptors (Lipinski definition) is 3. The molecule has 3 nitrogen and oxygen atoms in total. The van der Waals surface area contributed by atoms with Crippen LogP contribution in [0.4, 0.5) is 5.69 Å². The van der Waals surface area contributed by atoms with E-state index in [9.17, 15) is 5.11 Å². The molecule has 0 amide bonds. The summed E-state index contributed by atoms with van der Waals surface area (Å²) in [6.07, 6.45) is 1.11. The quantitative estimate of drug-likeness (QED) is 0.698. The zero-order valence-corrected chi connectivity index (χ0v) is 7.46. The van der Waals surface area contributed by atoms with Crippen LogP contribution in [0.25, 0.3) is 0 Å². The molecule has 1 aromatic carbocycles. The number of aliphatic hydroxyl groups excluding tert-OH is 1. The normalized spacial score (nSPS) is 26.8. The fraction of sp³-hybridized carbons (Fsp3) is 0.300. The van der Waals surface area contributed by atoms with E-state index in [2.05, 4.69) is 5.10 Å². The van der Waals surface area contributed by atoms with Crippen molar-refractivity contribution in [2.45, 2.75) is 19.1 Å². The maximum Gasteiger partial charge on any atom is 0.113 e. The Kier molecular flexibility index (Phi) is 2.02. The second-order valence-corrected chi connectivity index (χ2v) is 3.18. The number of nitrogens with zero attached hydrogens (tertiary/aromatic N) is 2. The van der Waals surface area contributed by atoms with E-state index >= 15 is 0 Å². The van der Waals surface area contributed by atoms with Crippen molar-refractivity contribution in [1.82, 2.24) is 0 Å². The summed E-state index contributed by atoms with van der Waals surface area (Å²) in [7, 11) is 0. The lowest BCUT2D eigenvalue weighted by Gasteiger charge is -2.21. The highest BCUT2D eigenvalue weighted by atomic mass is 16.3. The highest BCUT2D eigenvalue weighted by Crippen LogP contribution is 2.21. The summed E-state index contributed by atoms with van der Waals surface area (Å²) in [6.45, 7) is 1.95. The minimum atomic E-state index is -0.458. The third-order valence-corrected chi connectivity index (χ3v) is 2.24. The molecule has 1 heterocycles. The lowest BCUT2D eigenvalue weighted by atomic mass is 10.2. The number of benzene rings is 1. The molecule has 1 aliphatic heterocycles. The van der Waals surface area contributed by atoms with E-state index in [1.807, 2.05) is 42.3 Å². The summed E-state index contributed by atoms with van der Waals surface area (Å²) in [5, 5.41) is 15.4. The zero-order chi connectivity index (χ0) is 9.26. The Bertz CT molecular complexity index is 310. The molecule has 0 fully saturated rings. The summed E-state index contributed by atoms with van der Waals surface area (Å²) in [5.74, 6) is 0. The first-order chi connectivity index (χ1) is 6.29. The molecule has 68 valence electrons. The van der Waals surface area contributed by atoms with Crippen molar-refractivity contribution < 1.29 is 5.11 Å². The second-order valence-electron chi connectivity index (χ2n) is 3.18. The Morgan fingerprint density at radius 1 is 1.31 bits per heavy atom. The van der Waals surface area contributed by atoms with Gasteiger partial charge >= 0.3 is 0 Å². The molecular weight excluding hydrogens is 164 g/mol. The first kappa shape index (κ1) is 8.26. The molecule has 1 aliphatic rings. The van der Waals surface area contributed by atoms with Crippen molar-refractivity contribution in [2.24, 2.45) is 5.10 Å². The summed E-state index contributed by atoms with van der Waals surface area (Å²) < 4.78 is 0. The molecule has 2 rings (SSSR count). The molecule has 2 unspecified atom stereocenters. The van der Waals surface area contributed by atoms with Gasteiger partial charge in [0.1, 0.15) is 6.10 Å². The van der Waals surface area contributed by atoms with Gasteiger partial charge in [0.15, 0.2) is 0 Å². The molecule has 0 bridgehead atoms. The van der Waals surface area contributed by atoms with Crippen LogP contribution < -0.4 is 5.01 Å². The van der Waals surface area contributed by atoms with Gasteiger partial charge in [-0.05, 0) is 19.1 Å². The number of hydrogen-bond donors (Lipinski definition) is 1. The van der Waals surface area contributed by atoms with Crippen molar-refractivity contribution in [3.63, 3.8) is 0 Å². The van der Waals surface area contributed by atoms with Crippen LogP contribution in [0.3, 0.4) is 0 Å². The Balaban J connectivity index is 2.24. The molecule has 0 aromatic heterocycles. The van der Waals surface area contributed by atoms with E-state index in [1.54, 1.807) is 6.21 Å². The van der Waals surface area contributed by atoms with E-state index in [0.29, 0.717) is 0 Å². The van der Waals surface area contributed by atoms with Crippen LogP contribution in [0.2, 0.25) is 0 Å². The van der Waals surface area contributed by atoms with Gasteiger partial charge in [0.2, 0.25) is 0 Å². The highest BCUT2D eigenvalue weighted by Gasteiger charge is 2.25. The van der Waals surface area contributed by atoms with Crippen molar-refractivity contribution >= 4 is 11.9 Å². The Hall–Kier alpha value is -1.35. The number of aliphatic hydroxyl groups is 1.